The SMILES string of the molecule is NCCO.O=S(O)O.O=S([O-])[O-].[NH4+].[NH4+]. The fraction of sp³-hybridized carbons (Fsp3) is 1.00. The Bertz CT molecular complexity index is 102. The zero-order valence-corrected chi connectivity index (χ0v) is 9.42. The van der Waals surface area contributed by atoms with Gasteiger partial charge < -0.3 is 32.2 Å². The smallest absolute Gasteiger partial charge is 0.299 e. The maximum atomic E-state index is 8.67. The lowest BCUT2D eigenvalue weighted by molar-refractivity contribution is 0.306. The van der Waals surface area contributed by atoms with E-state index in [1.165, 1.54) is 0 Å². The highest BCUT2D eigenvalue weighted by molar-refractivity contribution is 7.73. The van der Waals surface area contributed by atoms with Crippen molar-refractivity contribution in [3.8, 4) is 0 Å². The predicted octanol–water partition coefficient (Wildman–Crippen LogP) is -1.63. The first-order valence-corrected chi connectivity index (χ1v) is 4.32. The lowest BCUT2D eigenvalue weighted by atomic mass is 10.8. The number of aliphatic hydroxyl groups is 1. The van der Waals surface area contributed by atoms with Gasteiger partial charge in [-0.3, -0.25) is 13.3 Å². The van der Waals surface area contributed by atoms with Gasteiger partial charge in [-0.1, -0.05) is 0 Å². The molecule has 0 bridgehead atoms. The summed E-state index contributed by atoms with van der Waals surface area (Å²) in [5, 5.41) is 7.75. The largest absolute Gasteiger partial charge is 0.784 e. The second kappa shape index (κ2) is 29.3. The lowest BCUT2D eigenvalue weighted by Gasteiger charge is -2.03. The van der Waals surface area contributed by atoms with Crippen LogP contribution in [0.5, 0.6) is 0 Å². The molecule has 0 heterocycles. The maximum absolute atomic E-state index is 8.67. The van der Waals surface area contributed by atoms with Gasteiger partial charge in [0.1, 0.15) is 0 Å². The molecule has 0 aliphatic carbocycles. The maximum Gasteiger partial charge on any atom is 0.299 e. The highest BCUT2D eigenvalue weighted by Gasteiger charge is 1.62. The minimum atomic E-state index is -3.11. The second-order valence-corrected chi connectivity index (χ2v) is 1.82. The van der Waals surface area contributed by atoms with Crippen LogP contribution in [0, 0.1) is 0 Å². The van der Waals surface area contributed by atoms with Gasteiger partial charge in [0.2, 0.25) is 0 Å². The Labute approximate surface area is 86.3 Å². The molecule has 0 aromatic rings. The monoisotopic (exact) mass is 259 g/mol. The van der Waals surface area contributed by atoms with Crippen molar-refractivity contribution in [2.75, 3.05) is 13.2 Å². The molecule has 0 radical (unpaired) electrons. The van der Waals surface area contributed by atoms with Gasteiger partial charge in [-0.05, 0) is 0 Å². The summed E-state index contributed by atoms with van der Waals surface area (Å²) in [6.07, 6.45) is 0. The van der Waals surface area contributed by atoms with E-state index >= 15 is 0 Å². The zero-order chi connectivity index (χ0) is 10.6. The Morgan fingerprint density at radius 3 is 1.21 bits per heavy atom. The molecule has 0 unspecified atom stereocenters. The predicted molar refractivity (Wildman–Crippen MR) is 51.2 cm³/mol. The average molecular weight is 259 g/mol. The molecule has 0 aromatic carbocycles. The van der Waals surface area contributed by atoms with Gasteiger partial charge in [-0.15, -0.1) is 11.4 Å². The Hall–Kier alpha value is -0.0200. The van der Waals surface area contributed by atoms with E-state index in [0.717, 1.165) is 0 Å². The molecule has 14 heavy (non-hydrogen) atoms. The third kappa shape index (κ3) is 1500. The van der Waals surface area contributed by atoms with Crippen LogP contribution in [-0.2, 0) is 22.7 Å². The van der Waals surface area contributed by atoms with Crippen LogP contribution in [0.2, 0.25) is 0 Å². The van der Waals surface area contributed by atoms with E-state index in [-0.39, 0.29) is 18.9 Å². The van der Waals surface area contributed by atoms with E-state index in [4.69, 9.17) is 37.5 Å². The van der Waals surface area contributed by atoms with Crippen molar-refractivity contribution in [3.63, 3.8) is 0 Å². The van der Waals surface area contributed by atoms with Crippen LogP contribution in [0.15, 0.2) is 0 Å². The number of aliphatic hydroxyl groups excluding tert-OH is 1. The van der Waals surface area contributed by atoms with E-state index in [0.29, 0.717) is 6.54 Å². The van der Waals surface area contributed by atoms with Gasteiger partial charge >= 0.3 is 0 Å². The van der Waals surface area contributed by atoms with E-state index < -0.39 is 22.7 Å². The third-order valence-corrected chi connectivity index (χ3v) is 0.129. The number of rotatable bonds is 1. The molecule has 94 valence electrons. The Balaban J connectivity index is -0.0000000270. The number of nitrogens with two attached hydrogens (primary N) is 1. The number of hydrogen-bond donors (Lipinski definition) is 6. The van der Waals surface area contributed by atoms with Crippen molar-refractivity contribution in [2.24, 2.45) is 5.73 Å². The zero-order valence-electron chi connectivity index (χ0n) is 7.78. The molecule has 0 rings (SSSR count). The summed E-state index contributed by atoms with van der Waals surface area (Å²) < 4.78 is 48.2. The van der Waals surface area contributed by atoms with Crippen LogP contribution in [0.1, 0.15) is 0 Å². The molecular weight excluding hydrogens is 242 g/mol. The van der Waals surface area contributed by atoms with Crippen molar-refractivity contribution in [2.45, 2.75) is 0 Å². The van der Waals surface area contributed by atoms with E-state index in [1.54, 1.807) is 0 Å². The minimum absolute atomic E-state index is 0. The first-order chi connectivity index (χ1) is 5.38. The molecule has 0 saturated heterocycles. The van der Waals surface area contributed by atoms with Gasteiger partial charge in [0.05, 0.1) is 6.61 Å². The van der Waals surface area contributed by atoms with Crippen molar-refractivity contribution in [1.29, 1.82) is 0 Å². The molecule has 10 nitrogen and oxygen atoms in total. The Kier molecular flexibility index (Phi) is 61.0. The van der Waals surface area contributed by atoms with Crippen molar-refractivity contribution >= 4 is 22.7 Å². The molecule has 0 saturated carbocycles. The molecule has 0 atom stereocenters. The molecule has 12 heteroatoms. The molecule has 0 fully saturated rings. The highest BCUT2D eigenvalue weighted by atomic mass is 32.2. The number of quaternary nitrogens is 2. The van der Waals surface area contributed by atoms with Gasteiger partial charge in [0.15, 0.2) is 0 Å². The fourth-order valence-electron chi connectivity index (χ4n) is 0. The highest BCUT2D eigenvalue weighted by Crippen LogP contribution is 1.44. The summed E-state index contributed by atoms with van der Waals surface area (Å²) in [6.45, 7) is 0.472. The minimum Gasteiger partial charge on any atom is -0.784 e. The molecule has 0 aliphatic rings. The molecule has 0 amide bonds. The summed E-state index contributed by atoms with van der Waals surface area (Å²) in [7, 11) is 0. The van der Waals surface area contributed by atoms with Crippen molar-refractivity contribution in [1.82, 2.24) is 12.3 Å². The van der Waals surface area contributed by atoms with E-state index in [1.807, 2.05) is 0 Å². The summed E-state index contributed by atoms with van der Waals surface area (Å²) in [5.74, 6) is 0. The Morgan fingerprint density at radius 2 is 1.21 bits per heavy atom. The third-order valence-electron chi connectivity index (χ3n) is 0.129. The standard InChI is InChI=1S/C2H7NO.2H3N.2H2O3S/c3-1-2-4;;;2*1-4(2)3/h4H,1-3H2;2*1H3;2*(H2,1,2,3). The van der Waals surface area contributed by atoms with Crippen LogP contribution >= 0.6 is 0 Å². The molecule has 0 aromatic heterocycles. The molecule has 0 spiro atoms. The van der Waals surface area contributed by atoms with Crippen molar-refractivity contribution in [3.05, 3.63) is 0 Å². The molecule has 0 aliphatic heterocycles. The van der Waals surface area contributed by atoms with E-state index in [9.17, 15) is 0 Å². The van der Waals surface area contributed by atoms with Crippen molar-refractivity contribution < 1.29 is 31.7 Å². The summed E-state index contributed by atoms with van der Waals surface area (Å²) >= 11 is -5.72. The van der Waals surface area contributed by atoms with Gasteiger partial charge in [0, 0.05) is 6.54 Å². The first kappa shape index (κ1) is 29.2. The number of hydrogen-bond acceptors (Lipinski definition) is 6. The lowest BCUT2D eigenvalue weighted by Crippen LogP contribution is -2.02. The summed E-state index contributed by atoms with van der Waals surface area (Å²) in [5.41, 5.74) is 4.78. The fourth-order valence-corrected chi connectivity index (χ4v) is 0. The van der Waals surface area contributed by atoms with Gasteiger partial charge in [-0.2, -0.15) is 4.21 Å². The van der Waals surface area contributed by atoms with Crippen LogP contribution in [0.25, 0.3) is 0 Å². The van der Waals surface area contributed by atoms with Gasteiger partial charge in [0.25, 0.3) is 11.4 Å². The average Bonchev–Trinajstić information content (AvgIpc) is 1.85. The summed E-state index contributed by atoms with van der Waals surface area (Å²) in [4.78, 5) is 0. The van der Waals surface area contributed by atoms with Crippen LogP contribution in [0.4, 0.5) is 0 Å². The first-order valence-electron chi connectivity index (χ1n) is 2.26. The Morgan fingerprint density at radius 1 is 1.14 bits per heavy atom. The van der Waals surface area contributed by atoms with Crippen LogP contribution < -0.4 is 18.0 Å². The van der Waals surface area contributed by atoms with E-state index in [2.05, 4.69) is 0 Å². The van der Waals surface area contributed by atoms with Crippen LogP contribution in [-0.4, -0.2) is 44.9 Å². The summed E-state index contributed by atoms with van der Waals surface area (Å²) in [6, 6.07) is 0. The normalized spacial score (nSPS) is 7.14. The van der Waals surface area contributed by atoms with Gasteiger partial charge in [-0.25, -0.2) is 0 Å². The molecular formula is C2H17N3O7S2. The topological polar surface area (TPSA) is 240 Å². The quantitative estimate of drug-likeness (QED) is 0.297. The second-order valence-electron chi connectivity index (χ2n) is 0.947. The van der Waals surface area contributed by atoms with Crippen LogP contribution in [0.3, 0.4) is 0 Å². The molecule has 13 N–H and O–H groups in total.